The van der Waals surface area contributed by atoms with Crippen molar-refractivity contribution in [1.29, 1.82) is 0 Å². The number of aliphatic hydroxyl groups is 11. The Hall–Kier alpha value is -1.21. The van der Waals surface area contributed by atoms with Gasteiger partial charge >= 0.3 is 0 Å². The zero-order chi connectivity index (χ0) is 70.4. The molecule has 17 unspecified atom stereocenters. The molecule has 0 aromatic heterocycles. The molecule has 19 heteroatoms. The Morgan fingerprint density at radius 3 is 0.897 bits per heavy atom. The van der Waals surface area contributed by atoms with Crippen LogP contribution < -0.4 is 5.32 Å². The quantitative estimate of drug-likeness (QED) is 0.0252. The lowest BCUT2D eigenvalue weighted by molar-refractivity contribution is -0.379. The van der Waals surface area contributed by atoms with Crippen LogP contribution in [0, 0.1) is 0 Å². The number of aliphatic hydroxyl groups excluding tert-OH is 11. The first-order chi connectivity index (χ1) is 47.3. The summed E-state index contributed by atoms with van der Waals surface area (Å²) in [4.78, 5) is 13.5. The molecule has 19 nitrogen and oxygen atoms in total. The average Bonchev–Trinajstić information content (AvgIpc) is 0.795. The van der Waals surface area contributed by atoms with E-state index in [9.17, 15) is 61.0 Å². The lowest BCUT2D eigenvalue weighted by Gasteiger charge is -2.48. The molecule has 0 aromatic rings. The van der Waals surface area contributed by atoms with Crippen LogP contribution in [0.2, 0.25) is 0 Å². The summed E-state index contributed by atoms with van der Waals surface area (Å²) in [6.07, 6.45) is 42.0. The predicted octanol–water partition coefficient (Wildman–Crippen LogP) is 13.4. The van der Waals surface area contributed by atoms with Crippen LogP contribution in [-0.2, 0) is 33.2 Å². The molecule has 97 heavy (non-hydrogen) atoms. The number of carbonyl (C=O) groups is 1. The van der Waals surface area contributed by atoms with Gasteiger partial charge in [-0.2, -0.15) is 0 Å². The number of ether oxygens (including phenoxy) is 6. The van der Waals surface area contributed by atoms with Crippen molar-refractivity contribution in [2.24, 2.45) is 0 Å². The Bertz CT molecular complexity index is 1760. The number of rotatable bonds is 66. The minimum Gasteiger partial charge on any atom is -0.394 e. The van der Waals surface area contributed by atoms with Gasteiger partial charge in [0.15, 0.2) is 18.9 Å². The number of hydrogen-bond donors (Lipinski definition) is 12. The molecule has 3 aliphatic heterocycles. The lowest BCUT2D eigenvalue weighted by Crippen LogP contribution is -2.66. The highest BCUT2D eigenvalue weighted by molar-refractivity contribution is 5.76. The maximum absolute atomic E-state index is 13.5. The van der Waals surface area contributed by atoms with Crippen LogP contribution in [-0.4, -0.2) is 193 Å². The second-order valence-electron chi connectivity index (χ2n) is 29.6. The molecule has 0 aliphatic carbocycles. The Balaban J connectivity index is 1.35. The highest BCUT2D eigenvalue weighted by atomic mass is 16.8. The number of carbonyl (C=O) groups excluding carboxylic acids is 1. The molecule has 0 radical (unpaired) electrons. The second-order valence-corrected chi connectivity index (χ2v) is 29.6. The van der Waals surface area contributed by atoms with Crippen molar-refractivity contribution in [1.82, 2.24) is 5.32 Å². The Labute approximate surface area is 589 Å². The molecule has 3 aliphatic rings. The third-order valence-corrected chi connectivity index (χ3v) is 20.9. The number of nitrogens with one attached hydrogen (secondary N) is 1. The summed E-state index contributed by atoms with van der Waals surface area (Å²) in [5.74, 6) is -0.233. The number of amides is 1. The van der Waals surface area contributed by atoms with Crippen LogP contribution in [0.4, 0.5) is 0 Å². The van der Waals surface area contributed by atoms with Crippen molar-refractivity contribution >= 4 is 5.91 Å². The van der Waals surface area contributed by atoms with Gasteiger partial charge in [-0.25, -0.2) is 0 Å². The fourth-order valence-electron chi connectivity index (χ4n) is 14.4. The van der Waals surface area contributed by atoms with Crippen molar-refractivity contribution < 1.29 is 89.4 Å². The van der Waals surface area contributed by atoms with Crippen LogP contribution >= 0.6 is 0 Å². The molecule has 3 heterocycles. The summed E-state index contributed by atoms with van der Waals surface area (Å²) >= 11 is 0. The van der Waals surface area contributed by atoms with Gasteiger partial charge in [-0.3, -0.25) is 4.79 Å². The van der Waals surface area contributed by atoms with Gasteiger partial charge in [0.25, 0.3) is 0 Å². The van der Waals surface area contributed by atoms with E-state index in [4.69, 9.17) is 28.4 Å². The van der Waals surface area contributed by atoms with Crippen LogP contribution in [0.15, 0.2) is 0 Å². The smallest absolute Gasteiger partial charge is 0.220 e. The summed E-state index contributed by atoms with van der Waals surface area (Å²) in [7, 11) is 0. The fourth-order valence-corrected chi connectivity index (χ4v) is 14.4. The van der Waals surface area contributed by atoms with E-state index >= 15 is 0 Å². The van der Waals surface area contributed by atoms with Crippen molar-refractivity contribution in [3.8, 4) is 0 Å². The molecule has 0 saturated carbocycles. The summed E-state index contributed by atoms with van der Waals surface area (Å²) in [6, 6.07) is -0.883. The van der Waals surface area contributed by atoms with Crippen molar-refractivity contribution in [2.45, 2.75) is 465 Å². The third-order valence-electron chi connectivity index (χ3n) is 20.9. The number of unbranched alkanes of at least 4 members (excludes halogenated alkanes) is 50. The minimum atomic E-state index is -1.97. The molecule has 3 fully saturated rings. The van der Waals surface area contributed by atoms with Gasteiger partial charge in [0.05, 0.1) is 38.6 Å². The van der Waals surface area contributed by atoms with E-state index in [1.54, 1.807) is 0 Å². The molecule has 12 N–H and O–H groups in total. The van der Waals surface area contributed by atoms with Crippen LogP contribution in [0.5, 0.6) is 0 Å². The van der Waals surface area contributed by atoms with Gasteiger partial charge in [0.2, 0.25) is 5.91 Å². The van der Waals surface area contributed by atoms with Gasteiger partial charge in [-0.05, 0) is 12.8 Å². The zero-order valence-electron chi connectivity index (χ0n) is 61.6. The summed E-state index contributed by atoms with van der Waals surface area (Å²) in [6.45, 7) is 1.87. The highest BCUT2D eigenvalue weighted by Crippen LogP contribution is 2.33. The summed E-state index contributed by atoms with van der Waals surface area (Å²) in [5.41, 5.74) is 0. The summed E-state index contributed by atoms with van der Waals surface area (Å²) in [5, 5.41) is 121. The molecular formula is C78H151NO18. The maximum Gasteiger partial charge on any atom is 0.220 e. The van der Waals surface area contributed by atoms with Gasteiger partial charge in [0, 0.05) is 6.42 Å². The first kappa shape index (κ1) is 90.0. The van der Waals surface area contributed by atoms with Gasteiger partial charge in [-0.1, -0.05) is 341 Å². The largest absolute Gasteiger partial charge is 0.394 e. The van der Waals surface area contributed by atoms with E-state index in [0.717, 1.165) is 44.9 Å². The van der Waals surface area contributed by atoms with Crippen molar-refractivity contribution in [2.75, 3.05) is 26.4 Å². The Morgan fingerprint density at radius 2 is 0.588 bits per heavy atom. The monoisotopic (exact) mass is 1390 g/mol. The van der Waals surface area contributed by atoms with Gasteiger partial charge in [0.1, 0.15) is 73.2 Å². The SMILES string of the molecule is CCCCCCCCCCCCCCCCCCCCCCCCCCCCCCCCCC(O)C(COC1OC(CO)C(OC2OC(CO)C(OC3OC(CO)C(O)C(O)C3O)C(O)C2O)C(O)C1O)NC(=O)CCCCCCCCCCCCCCCCCCCCCCC. The molecule has 3 rings (SSSR count). The molecular weight excluding hydrogens is 1240 g/mol. The standard InChI is InChI=1S/C78H151NO18/c1-3-5-7-9-11-13-15-17-19-21-23-25-26-27-28-29-30-31-32-33-34-36-37-39-41-43-45-47-49-51-53-55-62(83)61(79-66(84)56-54-52-50-48-46-44-42-40-38-35-24-22-20-18-16-14-12-10-8-6-4-2)60-92-76-72(90)69(87)74(64(58-81)94-76)97-78-73(91)70(88)75(65(59-82)95-78)96-77-71(89)68(86)67(85)63(57-80)93-77/h61-65,67-78,80-83,85-91H,3-60H2,1-2H3,(H,79,84). The maximum atomic E-state index is 13.5. The molecule has 0 bridgehead atoms. The Kier molecular flexibility index (Phi) is 55.8. The molecule has 0 aromatic carbocycles. The highest BCUT2D eigenvalue weighted by Gasteiger charge is 2.54. The molecule has 576 valence electrons. The molecule has 17 atom stereocenters. The van der Waals surface area contributed by atoms with Gasteiger partial charge < -0.3 is 89.9 Å². The van der Waals surface area contributed by atoms with Gasteiger partial charge in [-0.15, -0.1) is 0 Å². The van der Waals surface area contributed by atoms with E-state index < -0.39 is 124 Å². The molecule has 0 spiro atoms. The first-order valence-corrected chi connectivity index (χ1v) is 40.8. The van der Waals surface area contributed by atoms with E-state index in [-0.39, 0.29) is 18.9 Å². The van der Waals surface area contributed by atoms with E-state index in [1.807, 2.05) is 0 Å². The second kappa shape index (κ2) is 60.1. The van der Waals surface area contributed by atoms with Crippen molar-refractivity contribution in [3.05, 3.63) is 0 Å². The van der Waals surface area contributed by atoms with Crippen molar-refractivity contribution in [3.63, 3.8) is 0 Å². The molecule has 1 amide bonds. The third kappa shape index (κ3) is 40.6. The van der Waals surface area contributed by atoms with E-state index in [2.05, 4.69) is 19.2 Å². The van der Waals surface area contributed by atoms with Crippen LogP contribution in [0.1, 0.15) is 361 Å². The summed E-state index contributed by atoms with van der Waals surface area (Å²) < 4.78 is 34.5. The zero-order valence-corrected chi connectivity index (χ0v) is 61.6. The average molecular weight is 1390 g/mol. The minimum absolute atomic E-state index is 0.233. The fraction of sp³-hybridized carbons (Fsp3) is 0.987. The molecule has 3 saturated heterocycles. The van der Waals surface area contributed by atoms with Crippen LogP contribution in [0.3, 0.4) is 0 Å². The topological polar surface area (TPSA) is 307 Å². The number of hydrogen-bond acceptors (Lipinski definition) is 18. The normalized spacial score (nSPS) is 26.8. The lowest BCUT2D eigenvalue weighted by atomic mass is 9.96. The Morgan fingerprint density at radius 1 is 0.330 bits per heavy atom. The predicted molar refractivity (Wildman–Crippen MR) is 384 cm³/mol. The first-order valence-electron chi connectivity index (χ1n) is 40.8. The van der Waals surface area contributed by atoms with E-state index in [1.165, 1.54) is 283 Å². The van der Waals surface area contributed by atoms with Crippen LogP contribution in [0.25, 0.3) is 0 Å². The van der Waals surface area contributed by atoms with E-state index in [0.29, 0.717) is 12.8 Å².